The van der Waals surface area contributed by atoms with Crippen molar-refractivity contribution in [2.45, 2.75) is 26.3 Å². The molecule has 1 amide bonds. The third-order valence-electron chi connectivity index (χ3n) is 3.53. The number of hydrogen-bond donors (Lipinski definition) is 2. The molecule has 0 spiro atoms. The molecule has 2 aromatic carbocycles. The van der Waals surface area contributed by atoms with Gasteiger partial charge in [0.25, 0.3) is 0 Å². The number of carbonyl (C=O) groups excluding carboxylic acids is 1. The zero-order valence-electron chi connectivity index (χ0n) is 12.9. The maximum atomic E-state index is 12.0. The van der Waals surface area contributed by atoms with Crippen LogP contribution in [0.15, 0.2) is 48.5 Å². The van der Waals surface area contributed by atoms with Crippen LogP contribution < -0.4 is 10.6 Å². The van der Waals surface area contributed by atoms with Gasteiger partial charge in [0.2, 0.25) is 5.91 Å². The summed E-state index contributed by atoms with van der Waals surface area (Å²) in [6, 6.07) is 15.8. The van der Waals surface area contributed by atoms with E-state index in [9.17, 15) is 4.79 Å². The van der Waals surface area contributed by atoms with E-state index in [1.807, 2.05) is 62.4 Å². The molecule has 0 aromatic heterocycles. The van der Waals surface area contributed by atoms with E-state index in [0.717, 1.165) is 21.8 Å². The van der Waals surface area contributed by atoms with E-state index >= 15 is 0 Å². The fourth-order valence-electron chi connectivity index (χ4n) is 2.16. The first kappa shape index (κ1) is 16.4. The maximum Gasteiger partial charge on any atom is 0.222 e. The summed E-state index contributed by atoms with van der Waals surface area (Å²) < 4.78 is 0. The van der Waals surface area contributed by atoms with Gasteiger partial charge in [0, 0.05) is 23.7 Å². The average Bonchev–Trinajstić information content (AvgIpc) is 2.51. The Kier molecular flexibility index (Phi) is 5.84. The van der Waals surface area contributed by atoms with Crippen LogP contribution in [0.3, 0.4) is 0 Å². The quantitative estimate of drug-likeness (QED) is 0.833. The van der Waals surface area contributed by atoms with Crippen LogP contribution in [0, 0.1) is 6.92 Å². The lowest BCUT2D eigenvalue weighted by Crippen LogP contribution is -2.28. The highest BCUT2D eigenvalue weighted by Crippen LogP contribution is 2.19. The van der Waals surface area contributed by atoms with Crippen LogP contribution in [-0.2, 0) is 4.79 Å². The van der Waals surface area contributed by atoms with E-state index in [1.165, 1.54) is 0 Å². The van der Waals surface area contributed by atoms with Gasteiger partial charge in [-0.15, -0.1) is 0 Å². The van der Waals surface area contributed by atoms with E-state index in [4.69, 9.17) is 11.6 Å². The molecule has 0 saturated heterocycles. The Labute approximate surface area is 136 Å². The first-order chi connectivity index (χ1) is 10.6. The van der Waals surface area contributed by atoms with Gasteiger partial charge in [-0.05, 0) is 37.1 Å². The number of aryl methyl sites for hydroxylation is 1. The summed E-state index contributed by atoms with van der Waals surface area (Å²) in [7, 11) is 0. The van der Waals surface area contributed by atoms with Gasteiger partial charge in [0.05, 0.1) is 6.04 Å². The standard InChI is InChI=1S/C18H21ClN2O/c1-13-8-9-16(12-17(13)19)20-11-10-18(22)21-14(2)15-6-4-3-5-7-15/h3-9,12,14,20H,10-11H2,1-2H3,(H,21,22). The molecular weight excluding hydrogens is 296 g/mol. The smallest absolute Gasteiger partial charge is 0.222 e. The molecule has 1 atom stereocenters. The second kappa shape index (κ2) is 7.85. The van der Waals surface area contributed by atoms with Crippen molar-refractivity contribution in [2.24, 2.45) is 0 Å². The molecule has 116 valence electrons. The van der Waals surface area contributed by atoms with Gasteiger partial charge in [-0.25, -0.2) is 0 Å². The highest BCUT2D eigenvalue weighted by molar-refractivity contribution is 6.31. The SMILES string of the molecule is Cc1ccc(NCCC(=O)NC(C)c2ccccc2)cc1Cl. The predicted molar refractivity (Wildman–Crippen MR) is 92.3 cm³/mol. The molecule has 1 unspecified atom stereocenters. The highest BCUT2D eigenvalue weighted by Gasteiger charge is 2.08. The maximum absolute atomic E-state index is 12.0. The Morgan fingerprint density at radius 2 is 1.91 bits per heavy atom. The van der Waals surface area contributed by atoms with Crippen LogP contribution in [-0.4, -0.2) is 12.5 Å². The van der Waals surface area contributed by atoms with Gasteiger partial charge >= 0.3 is 0 Å². The Morgan fingerprint density at radius 1 is 1.18 bits per heavy atom. The van der Waals surface area contributed by atoms with Crippen molar-refractivity contribution in [2.75, 3.05) is 11.9 Å². The Morgan fingerprint density at radius 3 is 2.59 bits per heavy atom. The summed E-state index contributed by atoms with van der Waals surface area (Å²) in [5.41, 5.74) is 3.08. The van der Waals surface area contributed by atoms with E-state index in [-0.39, 0.29) is 11.9 Å². The summed E-state index contributed by atoms with van der Waals surface area (Å²) in [6.07, 6.45) is 0.419. The number of hydrogen-bond acceptors (Lipinski definition) is 2. The fourth-order valence-corrected chi connectivity index (χ4v) is 2.34. The first-order valence-corrected chi connectivity index (χ1v) is 7.78. The molecule has 2 rings (SSSR count). The van der Waals surface area contributed by atoms with Gasteiger partial charge in [-0.3, -0.25) is 4.79 Å². The van der Waals surface area contributed by atoms with Crippen molar-refractivity contribution in [3.63, 3.8) is 0 Å². The number of amides is 1. The summed E-state index contributed by atoms with van der Waals surface area (Å²) in [5, 5.41) is 6.94. The number of anilines is 1. The lowest BCUT2D eigenvalue weighted by molar-refractivity contribution is -0.121. The van der Waals surface area contributed by atoms with Crippen LogP contribution in [0.2, 0.25) is 5.02 Å². The van der Waals surface area contributed by atoms with Crippen LogP contribution in [0.5, 0.6) is 0 Å². The fraction of sp³-hybridized carbons (Fsp3) is 0.278. The predicted octanol–water partition coefficient (Wildman–Crippen LogP) is 4.33. The molecule has 0 heterocycles. The number of halogens is 1. The van der Waals surface area contributed by atoms with Crippen molar-refractivity contribution >= 4 is 23.2 Å². The molecule has 22 heavy (non-hydrogen) atoms. The van der Waals surface area contributed by atoms with Crippen molar-refractivity contribution in [3.8, 4) is 0 Å². The van der Waals surface area contributed by atoms with Crippen LogP contribution >= 0.6 is 11.6 Å². The largest absolute Gasteiger partial charge is 0.384 e. The Hall–Kier alpha value is -2.00. The van der Waals surface area contributed by atoms with E-state index < -0.39 is 0 Å². The van der Waals surface area contributed by atoms with Crippen LogP contribution in [0.1, 0.15) is 30.5 Å². The molecule has 0 bridgehead atoms. The zero-order chi connectivity index (χ0) is 15.9. The lowest BCUT2D eigenvalue weighted by Gasteiger charge is -2.14. The molecule has 0 aliphatic heterocycles. The van der Waals surface area contributed by atoms with Gasteiger partial charge in [0.15, 0.2) is 0 Å². The molecule has 2 N–H and O–H groups in total. The molecule has 0 saturated carbocycles. The van der Waals surface area contributed by atoms with Crippen molar-refractivity contribution in [1.82, 2.24) is 5.32 Å². The monoisotopic (exact) mass is 316 g/mol. The molecule has 0 fully saturated rings. The topological polar surface area (TPSA) is 41.1 Å². The number of rotatable bonds is 6. The number of benzene rings is 2. The first-order valence-electron chi connectivity index (χ1n) is 7.40. The van der Waals surface area contributed by atoms with E-state index in [2.05, 4.69) is 10.6 Å². The Balaban J connectivity index is 1.77. The lowest BCUT2D eigenvalue weighted by atomic mass is 10.1. The van der Waals surface area contributed by atoms with Gasteiger partial charge < -0.3 is 10.6 Å². The minimum Gasteiger partial charge on any atom is -0.384 e. The van der Waals surface area contributed by atoms with Gasteiger partial charge in [-0.1, -0.05) is 48.0 Å². The molecule has 0 aliphatic carbocycles. The van der Waals surface area contributed by atoms with Crippen molar-refractivity contribution in [1.29, 1.82) is 0 Å². The molecule has 0 aliphatic rings. The van der Waals surface area contributed by atoms with E-state index in [0.29, 0.717) is 13.0 Å². The second-order valence-corrected chi connectivity index (χ2v) is 5.75. The third-order valence-corrected chi connectivity index (χ3v) is 3.94. The molecule has 3 nitrogen and oxygen atoms in total. The third kappa shape index (κ3) is 4.78. The van der Waals surface area contributed by atoms with Crippen molar-refractivity contribution < 1.29 is 4.79 Å². The van der Waals surface area contributed by atoms with Crippen LogP contribution in [0.4, 0.5) is 5.69 Å². The van der Waals surface area contributed by atoms with Crippen molar-refractivity contribution in [3.05, 3.63) is 64.7 Å². The second-order valence-electron chi connectivity index (χ2n) is 5.34. The normalized spacial score (nSPS) is 11.8. The zero-order valence-corrected chi connectivity index (χ0v) is 13.7. The summed E-state index contributed by atoms with van der Waals surface area (Å²) in [5.74, 6) is 0.0297. The molecular formula is C18H21ClN2O. The molecule has 2 aromatic rings. The average molecular weight is 317 g/mol. The molecule has 4 heteroatoms. The summed E-state index contributed by atoms with van der Waals surface area (Å²) in [4.78, 5) is 12.0. The summed E-state index contributed by atoms with van der Waals surface area (Å²) in [6.45, 7) is 4.53. The highest BCUT2D eigenvalue weighted by atomic mass is 35.5. The molecule has 0 radical (unpaired) electrons. The summed E-state index contributed by atoms with van der Waals surface area (Å²) >= 11 is 6.07. The minimum absolute atomic E-state index is 0.0162. The van der Waals surface area contributed by atoms with Gasteiger partial charge in [0.1, 0.15) is 0 Å². The number of carbonyl (C=O) groups is 1. The van der Waals surface area contributed by atoms with E-state index in [1.54, 1.807) is 0 Å². The minimum atomic E-state index is 0.0162. The Bertz CT molecular complexity index is 628. The number of nitrogens with one attached hydrogen (secondary N) is 2. The van der Waals surface area contributed by atoms with Crippen LogP contribution in [0.25, 0.3) is 0 Å². The van der Waals surface area contributed by atoms with Gasteiger partial charge in [-0.2, -0.15) is 0 Å².